The lowest BCUT2D eigenvalue weighted by molar-refractivity contribution is -0.132. The Morgan fingerprint density at radius 1 is 1.44 bits per heavy atom. The van der Waals surface area contributed by atoms with Gasteiger partial charge in [-0.25, -0.2) is 4.39 Å². The van der Waals surface area contributed by atoms with Gasteiger partial charge in [0.05, 0.1) is 11.6 Å². The minimum atomic E-state index is -0.622. The predicted octanol–water partition coefficient (Wildman–Crippen LogP) is 1.70. The van der Waals surface area contributed by atoms with E-state index in [0.29, 0.717) is 0 Å². The summed E-state index contributed by atoms with van der Waals surface area (Å²) in [6, 6.07) is 5.75. The van der Waals surface area contributed by atoms with Crippen LogP contribution in [0, 0.1) is 17.1 Å². The van der Waals surface area contributed by atoms with Crippen molar-refractivity contribution in [3.63, 3.8) is 0 Å². The molecule has 0 atom stereocenters. The molecule has 18 heavy (non-hydrogen) atoms. The molecule has 1 heterocycles. The first-order chi connectivity index (χ1) is 8.70. The van der Waals surface area contributed by atoms with Crippen molar-refractivity contribution < 1.29 is 13.9 Å². The van der Waals surface area contributed by atoms with Gasteiger partial charge >= 0.3 is 0 Å². The van der Waals surface area contributed by atoms with Crippen molar-refractivity contribution in [1.82, 2.24) is 4.90 Å². The molecule has 1 amide bonds. The van der Waals surface area contributed by atoms with Crippen LogP contribution in [0.15, 0.2) is 18.2 Å². The summed E-state index contributed by atoms with van der Waals surface area (Å²) in [7, 11) is 0. The molecule has 0 aliphatic carbocycles. The van der Waals surface area contributed by atoms with Gasteiger partial charge in [0.2, 0.25) is 0 Å². The normalized spacial score (nSPS) is 14.3. The lowest BCUT2D eigenvalue weighted by Gasteiger charge is -2.15. The van der Waals surface area contributed by atoms with Crippen LogP contribution in [0.5, 0.6) is 5.75 Å². The Hall–Kier alpha value is -2.09. The van der Waals surface area contributed by atoms with Crippen LogP contribution >= 0.6 is 0 Å². The summed E-state index contributed by atoms with van der Waals surface area (Å²) in [6.45, 7) is 1.33. The minimum Gasteiger partial charge on any atom is -0.481 e. The maximum atomic E-state index is 13.5. The van der Waals surface area contributed by atoms with E-state index < -0.39 is 5.82 Å². The number of ether oxygens (including phenoxy) is 1. The fourth-order valence-electron chi connectivity index (χ4n) is 1.88. The Labute approximate surface area is 105 Å². The molecule has 1 fully saturated rings. The third kappa shape index (κ3) is 2.77. The lowest BCUT2D eigenvalue weighted by Crippen LogP contribution is -2.32. The molecule has 0 N–H and O–H groups in total. The monoisotopic (exact) mass is 248 g/mol. The first kappa shape index (κ1) is 12.4. The summed E-state index contributed by atoms with van der Waals surface area (Å²) < 4.78 is 18.6. The van der Waals surface area contributed by atoms with E-state index >= 15 is 0 Å². The molecule has 0 spiro atoms. The molecule has 0 unspecified atom stereocenters. The summed E-state index contributed by atoms with van der Waals surface area (Å²) in [5.41, 5.74) is 0.228. The molecule has 1 aliphatic heterocycles. The Morgan fingerprint density at radius 2 is 2.17 bits per heavy atom. The molecule has 0 bridgehead atoms. The number of hydrogen-bond acceptors (Lipinski definition) is 3. The minimum absolute atomic E-state index is 0.00143. The molecular formula is C13H13FN2O2. The molecule has 0 radical (unpaired) electrons. The SMILES string of the molecule is N#Cc1ccc(OCC(=O)N2CCCC2)c(F)c1. The maximum absolute atomic E-state index is 13.5. The number of carbonyl (C=O) groups is 1. The third-order valence-corrected chi connectivity index (χ3v) is 2.87. The summed E-state index contributed by atoms with van der Waals surface area (Å²) in [4.78, 5) is 13.4. The fraction of sp³-hybridized carbons (Fsp3) is 0.385. The van der Waals surface area contributed by atoms with Crippen molar-refractivity contribution >= 4 is 5.91 Å². The van der Waals surface area contributed by atoms with Crippen molar-refractivity contribution in [2.45, 2.75) is 12.8 Å². The van der Waals surface area contributed by atoms with E-state index in [-0.39, 0.29) is 23.8 Å². The van der Waals surface area contributed by atoms with Gasteiger partial charge in [-0.15, -0.1) is 0 Å². The Balaban J connectivity index is 1.94. The smallest absolute Gasteiger partial charge is 0.260 e. The molecule has 94 valence electrons. The first-order valence-electron chi connectivity index (χ1n) is 5.81. The molecule has 2 rings (SSSR count). The molecule has 1 saturated heterocycles. The van der Waals surface area contributed by atoms with E-state index in [1.807, 2.05) is 6.07 Å². The molecule has 1 aromatic carbocycles. The summed E-state index contributed by atoms with van der Waals surface area (Å²) in [5.74, 6) is -0.749. The van der Waals surface area contributed by atoms with Crippen LogP contribution in [-0.4, -0.2) is 30.5 Å². The van der Waals surface area contributed by atoms with Crippen LogP contribution in [0.4, 0.5) is 4.39 Å². The van der Waals surface area contributed by atoms with Gasteiger partial charge < -0.3 is 9.64 Å². The van der Waals surface area contributed by atoms with Gasteiger partial charge in [0.15, 0.2) is 18.2 Å². The third-order valence-electron chi connectivity index (χ3n) is 2.87. The van der Waals surface area contributed by atoms with E-state index in [1.54, 1.807) is 4.90 Å². The van der Waals surface area contributed by atoms with Crippen LogP contribution in [0.2, 0.25) is 0 Å². The van der Waals surface area contributed by atoms with Crippen molar-refractivity contribution in [2.24, 2.45) is 0 Å². The zero-order chi connectivity index (χ0) is 13.0. The van der Waals surface area contributed by atoms with Crippen LogP contribution in [0.25, 0.3) is 0 Å². The van der Waals surface area contributed by atoms with Crippen molar-refractivity contribution in [3.05, 3.63) is 29.6 Å². The first-order valence-corrected chi connectivity index (χ1v) is 5.81. The van der Waals surface area contributed by atoms with E-state index in [0.717, 1.165) is 32.0 Å². The van der Waals surface area contributed by atoms with Gasteiger partial charge in [-0.2, -0.15) is 5.26 Å². The fourth-order valence-corrected chi connectivity index (χ4v) is 1.88. The van der Waals surface area contributed by atoms with Gasteiger partial charge in [0.1, 0.15) is 0 Å². The quantitative estimate of drug-likeness (QED) is 0.818. The van der Waals surface area contributed by atoms with Crippen LogP contribution in [0.1, 0.15) is 18.4 Å². The number of nitrogens with zero attached hydrogens (tertiary/aromatic N) is 2. The number of amides is 1. The zero-order valence-corrected chi connectivity index (χ0v) is 9.86. The van der Waals surface area contributed by atoms with Gasteiger partial charge in [-0.3, -0.25) is 4.79 Å². The average molecular weight is 248 g/mol. The Kier molecular flexibility index (Phi) is 3.78. The Bertz CT molecular complexity index is 490. The molecule has 0 aromatic heterocycles. The predicted molar refractivity (Wildman–Crippen MR) is 62.4 cm³/mol. The summed E-state index contributed by atoms with van der Waals surface area (Å²) >= 11 is 0. The topological polar surface area (TPSA) is 53.3 Å². The van der Waals surface area contributed by atoms with Crippen molar-refractivity contribution in [2.75, 3.05) is 19.7 Å². The maximum Gasteiger partial charge on any atom is 0.260 e. The second-order valence-electron chi connectivity index (χ2n) is 4.13. The highest BCUT2D eigenvalue weighted by Crippen LogP contribution is 2.18. The van der Waals surface area contributed by atoms with E-state index in [4.69, 9.17) is 10.00 Å². The van der Waals surface area contributed by atoms with Gasteiger partial charge in [0, 0.05) is 13.1 Å². The highest BCUT2D eigenvalue weighted by Gasteiger charge is 2.18. The lowest BCUT2D eigenvalue weighted by atomic mass is 10.2. The van der Waals surface area contributed by atoms with Gasteiger partial charge in [-0.1, -0.05) is 0 Å². The largest absolute Gasteiger partial charge is 0.481 e. The number of halogens is 1. The number of hydrogen-bond donors (Lipinski definition) is 0. The van der Waals surface area contributed by atoms with Crippen LogP contribution in [-0.2, 0) is 4.79 Å². The standard InChI is InChI=1S/C13H13FN2O2/c14-11-7-10(8-15)3-4-12(11)18-9-13(17)16-5-1-2-6-16/h3-4,7H,1-2,5-6,9H2. The highest BCUT2D eigenvalue weighted by molar-refractivity contribution is 5.78. The average Bonchev–Trinajstić information content (AvgIpc) is 2.90. The van der Waals surface area contributed by atoms with E-state index in [2.05, 4.69) is 0 Å². The van der Waals surface area contributed by atoms with Crippen molar-refractivity contribution in [3.8, 4) is 11.8 Å². The molecule has 4 nitrogen and oxygen atoms in total. The second-order valence-corrected chi connectivity index (χ2v) is 4.13. The highest BCUT2D eigenvalue weighted by atomic mass is 19.1. The van der Waals surface area contributed by atoms with Gasteiger partial charge in [0.25, 0.3) is 5.91 Å². The van der Waals surface area contributed by atoms with E-state index in [9.17, 15) is 9.18 Å². The van der Waals surface area contributed by atoms with Gasteiger partial charge in [-0.05, 0) is 31.0 Å². The number of rotatable bonds is 3. The summed E-state index contributed by atoms with van der Waals surface area (Å²) in [6.07, 6.45) is 2.02. The number of benzene rings is 1. The van der Waals surface area contributed by atoms with Crippen LogP contribution < -0.4 is 4.74 Å². The van der Waals surface area contributed by atoms with Crippen molar-refractivity contribution in [1.29, 1.82) is 5.26 Å². The summed E-state index contributed by atoms with van der Waals surface area (Å²) in [5, 5.41) is 8.60. The number of nitriles is 1. The molecular weight excluding hydrogens is 235 g/mol. The molecule has 0 saturated carbocycles. The van der Waals surface area contributed by atoms with Crippen LogP contribution in [0.3, 0.4) is 0 Å². The van der Waals surface area contributed by atoms with E-state index in [1.165, 1.54) is 12.1 Å². The number of likely N-dealkylation sites (tertiary alicyclic amines) is 1. The molecule has 5 heteroatoms. The Morgan fingerprint density at radius 3 is 2.78 bits per heavy atom. The zero-order valence-electron chi connectivity index (χ0n) is 9.86. The molecule has 1 aromatic rings. The molecule has 1 aliphatic rings. The second kappa shape index (κ2) is 5.50. The number of carbonyl (C=O) groups excluding carboxylic acids is 1.